The van der Waals surface area contributed by atoms with Crippen molar-refractivity contribution in [1.29, 1.82) is 0 Å². The average Bonchev–Trinajstić information content (AvgIpc) is 2.67. The molecular formula is C20H20ClN3O2S. The van der Waals surface area contributed by atoms with E-state index in [4.69, 9.17) is 11.6 Å². The van der Waals surface area contributed by atoms with E-state index >= 15 is 0 Å². The molecular weight excluding hydrogens is 382 g/mol. The average molecular weight is 402 g/mol. The maximum Gasteiger partial charge on any atom is 0.208 e. The molecule has 0 saturated carbocycles. The highest BCUT2D eigenvalue weighted by Crippen LogP contribution is 2.27. The van der Waals surface area contributed by atoms with Crippen molar-refractivity contribution in [1.82, 2.24) is 9.88 Å². The predicted octanol–water partition coefficient (Wildman–Crippen LogP) is 3.47. The summed E-state index contributed by atoms with van der Waals surface area (Å²) in [6, 6.07) is 14.0. The molecule has 2 heterocycles. The molecule has 0 atom stereocenters. The van der Waals surface area contributed by atoms with Crippen LogP contribution in [0.2, 0.25) is 5.02 Å². The van der Waals surface area contributed by atoms with E-state index in [1.54, 1.807) is 24.3 Å². The number of sulfone groups is 1. The summed E-state index contributed by atoms with van der Waals surface area (Å²) in [6.45, 7) is 3.94. The van der Waals surface area contributed by atoms with Gasteiger partial charge in [-0.2, -0.15) is 0 Å². The standard InChI is InChI=1S/C20H20ClN3O2S/c1-23-7-9-24(10-8-23)17-5-6-20-15(11-17)12-19(14-22-20)27(25,26)18-4-2-3-16(21)13-18/h2-6,11-14H,7-10H2,1H3. The molecule has 4 rings (SSSR count). The zero-order valence-electron chi connectivity index (χ0n) is 15.0. The number of halogens is 1. The molecule has 5 nitrogen and oxygen atoms in total. The van der Waals surface area contributed by atoms with Gasteiger partial charge in [-0.25, -0.2) is 8.42 Å². The molecule has 0 N–H and O–H groups in total. The Balaban J connectivity index is 1.73. The lowest BCUT2D eigenvalue weighted by Crippen LogP contribution is -2.44. The Bertz CT molecular complexity index is 1090. The Morgan fingerprint density at radius 2 is 1.74 bits per heavy atom. The summed E-state index contributed by atoms with van der Waals surface area (Å²) in [5.41, 5.74) is 1.87. The first kappa shape index (κ1) is 18.2. The molecule has 0 unspecified atom stereocenters. The van der Waals surface area contributed by atoms with Crippen LogP contribution < -0.4 is 4.90 Å². The number of likely N-dealkylation sites (N-methyl/N-ethyl adjacent to an activating group) is 1. The quantitative estimate of drug-likeness (QED) is 0.672. The second-order valence-corrected chi connectivity index (χ2v) is 9.19. The molecule has 0 spiro atoms. The van der Waals surface area contributed by atoms with Crippen LogP contribution in [0.15, 0.2) is 64.5 Å². The van der Waals surface area contributed by atoms with Gasteiger partial charge in [0.2, 0.25) is 9.84 Å². The predicted molar refractivity (Wildman–Crippen MR) is 108 cm³/mol. The van der Waals surface area contributed by atoms with E-state index in [0.29, 0.717) is 5.02 Å². The summed E-state index contributed by atoms with van der Waals surface area (Å²) in [5.74, 6) is 0. The van der Waals surface area contributed by atoms with Gasteiger partial charge in [0.05, 0.1) is 15.3 Å². The highest BCUT2D eigenvalue weighted by Gasteiger charge is 2.20. The van der Waals surface area contributed by atoms with E-state index in [1.165, 1.54) is 12.3 Å². The molecule has 0 radical (unpaired) electrons. The summed E-state index contributed by atoms with van der Waals surface area (Å²) in [7, 11) is -1.55. The molecule has 1 aliphatic heterocycles. The van der Waals surface area contributed by atoms with Gasteiger partial charge in [0.25, 0.3) is 0 Å². The topological polar surface area (TPSA) is 53.5 Å². The SMILES string of the molecule is CN1CCN(c2ccc3ncc(S(=O)(=O)c4cccc(Cl)c4)cc3c2)CC1. The Morgan fingerprint density at radius 1 is 0.963 bits per heavy atom. The van der Waals surface area contributed by atoms with Crippen LogP contribution in [-0.2, 0) is 9.84 Å². The molecule has 2 aromatic carbocycles. The molecule has 1 aliphatic rings. The summed E-state index contributed by atoms with van der Waals surface area (Å²) < 4.78 is 25.9. The summed E-state index contributed by atoms with van der Waals surface area (Å²) in [4.78, 5) is 9.32. The Kier molecular flexibility index (Phi) is 4.80. The molecule has 27 heavy (non-hydrogen) atoms. The molecule has 1 saturated heterocycles. The van der Waals surface area contributed by atoms with Crippen molar-refractivity contribution in [2.24, 2.45) is 0 Å². The smallest absolute Gasteiger partial charge is 0.208 e. The molecule has 7 heteroatoms. The molecule has 0 amide bonds. The fraction of sp³-hybridized carbons (Fsp3) is 0.250. The third-order valence-electron chi connectivity index (χ3n) is 4.92. The molecule has 3 aromatic rings. The summed E-state index contributed by atoms with van der Waals surface area (Å²) in [6.07, 6.45) is 1.41. The van der Waals surface area contributed by atoms with Crippen molar-refractivity contribution in [2.75, 3.05) is 38.1 Å². The monoisotopic (exact) mass is 401 g/mol. The van der Waals surface area contributed by atoms with Crippen molar-refractivity contribution in [3.63, 3.8) is 0 Å². The van der Waals surface area contributed by atoms with E-state index < -0.39 is 9.84 Å². The van der Waals surface area contributed by atoms with Crippen molar-refractivity contribution < 1.29 is 8.42 Å². The normalized spacial score (nSPS) is 16.0. The minimum Gasteiger partial charge on any atom is -0.369 e. The maximum absolute atomic E-state index is 12.9. The third kappa shape index (κ3) is 3.65. The summed E-state index contributed by atoms with van der Waals surface area (Å²) in [5, 5.41) is 1.21. The second kappa shape index (κ2) is 7.11. The summed E-state index contributed by atoms with van der Waals surface area (Å²) >= 11 is 5.96. The van der Waals surface area contributed by atoms with Gasteiger partial charge in [0.1, 0.15) is 0 Å². The van der Waals surface area contributed by atoms with E-state index in [9.17, 15) is 8.42 Å². The van der Waals surface area contributed by atoms with E-state index in [-0.39, 0.29) is 9.79 Å². The molecule has 0 bridgehead atoms. The largest absolute Gasteiger partial charge is 0.369 e. The lowest BCUT2D eigenvalue weighted by atomic mass is 10.1. The zero-order chi connectivity index (χ0) is 19.0. The van der Waals surface area contributed by atoms with Crippen molar-refractivity contribution in [3.8, 4) is 0 Å². The van der Waals surface area contributed by atoms with E-state index in [0.717, 1.165) is 42.8 Å². The number of benzene rings is 2. The first-order valence-electron chi connectivity index (χ1n) is 8.77. The molecule has 1 aromatic heterocycles. The first-order valence-corrected chi connectivity index (χ1v) is 10.6. The van der Waals surface area contributed by atoms with Crippen LogP contribution in [0.1, 0.15) is 0 Å². The number of hydrogen-bond donors (Lipinski definition) is 0. The zero-order valence-corrected chi connectivity index (χ0v) is 16.5. The number of piperazine rings is 1. The Morgan fingerprint density at radius 3 is 2.48 bits per heavy atom. The Labute approximate surface area is 164 Å². The van der Waals surface area contributed by atoms with Crippen molar-refractivity contribution in [2.45, 2.75) is 9.79 Å². The van der Waals surface area contributed by atoms with Gasteiger partial charge in [-0.1, -0.05) is 17.7 Å². The fourth-order valence-electron chi connectivity index (χ4n) is 3.28. The number of anilines is 1. The van der Waals surface area contributed by atoms with Gasteiger partial charge in [-0.05, 0) is 49.5 Å². The highest BCUT2D eigenvalue weighted by molar-refractivity contribution is 7.91. The van der Waals surface area contributed by atoms with Gasteiger partial charge < -0.3 is 9.80 Å². The molecule has 140 valence electrons. The van der Waals surface area contributed by atoms with Crippen molar-refractivity contribution >= 4 is 38.0 Å². The minimum atomic E-state index is -3.67. The van der Waals surface area contributed by atoms with E-state index in [2.05, 4.69) is 21.8 Å². The number of fused-ring (bicyclic) bond motifs is 1. The van der Waals surface area contributed by atoms with Gasteiger partial charge in [0.15, 0.2) is 0 Å². The number of nitrogens with zero attached hydrogens (tertiary/aromatic N) is 3. The van der Waals surface area contributed by atoms with Crippen LogP contribution in [-0.4, -0.2) is 51.5 Å². The van der Waals surface area contributed by atoms with Gasteiger partial charge in [-0.15, -0.1) is 0 Å². The van der Waals surface area contributed by atoms with Crippen LogP contribution in [0, 0.1) is 0 Å². The first-order chi connectivity index (χ1) is 12.9. The van der Waals surface area contributed by atoms with Crippen molar-refractivity contribution in [3.05, 3.63) is 59.8 Å². The number of aromatic nitrogens is 1. The van der Waals surface area contributed by atoms with Gasteiger partial charge in [0, 0.05) is 48.5 Å². The third-order valence-corrected chi connectivity index (χ3v) is 6.88. The van der Waals surface area contributed by atoms with Gasteiger partial charge >= 0.3 is 0 Å². The van der Waals surface area contributed by atoms with Crippen LogP contribution in [0.5, 0.6) is 0 Å². The van der Waals surface area contributed by atoms with E-state index in [1.807, 2.05) is 18.2 Å². The number of hydrogen-bond acceptors (Lipinski definition) is 5. The minimum absolute atomic E-state index is 0.173. The van der Waals surface area contributed by atoms with Crippen LogP contribution in [0.4, 0.5) is 5.69 Å². The maximum atomic E-state index is 12.9. The van der Waals surface area contributed by atoms with Crippen LogP contribution in [0.25, 0.3) is 10.9 Å². The van der Waals surface area contributed by atoms with Crippen LogP contribution in [0.3, 0.4) is 0 Å². The molecule has 1 fully saturated rings. The lowest BCUT2D eigenvalue weighted by Gasteiger charge is -2.34. The highest BCUT2D eigenvalue weighted by atomic mass is 35.5. The fourth-order valence-corrected chi connectivity index (χ4v) is 4.82. The second-order valence-electron chi connectivity index (χ2n) is 6.80. The Hall–Kier alpha value is -2.15. The molecule has 0 aliphatic carbocycles. The number of pyridine rings is 1. The number of rotatable bonds is 3. The van der Waals surface area contributed by atoms with Crippen LogP contribution >= 0.6 is 11.6 Å². The van der Waals surface area contributed by atoms with Gasteiger partial charge in [-0.3, -0.25) is 4.98 Å². The lowest BCUT2D eigenvalue weighted by molar-refractivity contribution is 0.313.